The Kier molecular flexibility index (Phi) is 3.61. The summed E-state index contributed by atoms with van der Waals surface area (Å²) in [6, 6.07) is 12.0. The van der Waals surface area contributed by atoms with Crippen LogP contribution >= 0.6 is 0 Å². The van der Waals surface area contributed by atoms with Gasteiger partial charge in [0.15, 0.2) is 0 Å². The molecule has 3 rings (SSSR count). The van der Waals surface area contributed by atoms with Crippen LogP contribution in [-0.2, 0) is 21.4 Å². The molecule has 0 radical (unpaired) electrons. The number of para-hydroxylation sites is 1. The van der Waals surface area contributed by atoms with Crippen LogP contribution in [0.2, 0.25) is 0 Å². The average molecular weight is 333 g/mol. The summed E-state index contributed by atoms with van der Waals surface area (Å²) in [6.45, 7) is -0.346. The highest BCUT2D eigenvalue weighted by molar-refractivity contribution is 7.92. The van der Waals surface area contributed by atoms with E-state index in [4.69, 9.17) is 5.73 Å². The first-order valence-corrected chi connectivity index (χ1v) is 8.29. The lowest BCUT2D eigenvalue weighted by Gasteiger charge is -2.17. The van der Waals surface area contributed by atoms with Crippen molar-refractivity contribution in [2.75, 3.05) is 16.6 Å². The Hall–Kier alpha value is -2.74. The summed E-state index contributed by atoms with van der Waals surface area (Å²) in [6.07, 6.45) is 0.504. The summed E-state index contributed by atoms with van der Waals surface area (Å²) in [5, 5.41) is 10.1. The van der Waals surface area contributed by atoms with Gasteiger partial charge in [0.2, 0.25) is 0 Å². The monoisotopic (exact) mass is 333 g/mol. The molecule has 7 nitrogen and oxygen atoms in total. The Labute approximate surface area is 133 Å². The zero-order valence-electron chi connectivity index (χ0n) is 12.1. The van der Waals surface area contributed by atoms with E-state index in [1.807, 2.05) is 22.9 Å². The molecule has 1 aliphatic rings. The molecule has 2 aromatic carbocycles. The van der Waals surface area contributed by atoms with Crippen molar-refractivity contribution in [3.8, 4) is 5.75 Å². The Morgan fingerprint density at radius 1 is 1.22 bits per heavy atom. The Morgan fingerprint density at radius 2 is 1.96 bits per heavy atom. The van der Waals surface area contributed by atoms with E-state index in [9.17, 15) is 18.3 Å². The van der Waals surface area contributed by atoms with Gasteiger partial charge in [-0.1, -0.05) is 24.3 Å². The highest BCUT2D eigenvalue weighted by atomic mass is 32.2. The van der Waals surface area contributed by atoms with Gasteiger partial charge in [-0.15, -0.1) is 0 Å². The number of nitrogens with zero attached hydrogens (tertiary/aromatic N) is 1. The summed E-state index contributed by atoms with van der Waals surface area (Å²) < 4.78 is 26.3. The number of hydrogen-bond acceptors (Lipinski definition) is 5. The Bertz CT molecular complexity index is 880. The van der Waals surface area contributed by atoms with Gasteiger partial charge in [-0.3, -0.25) is 4.79 Å². The minimum atomic E-state index is -3.94. The molecule has 120 valence electrons. The number of nitrogen functional groups attached to an aromatic ring is 1. The quantitative estimate of drug-likeness (QED) is 0.717. The number of hydrogen-bond donors (Lipinski definition) is 3. The highest BCUT2D eigenvalue weighted by Gasteiger charge is 2.35. The van der Waals surface area contributed by atoms with Crippen LogP contribution < -0.4 is 14.8 Å². The third kappa shape index (κ3) is 2.93. The minimum Gasteiger partial charge on any atom is -0.506 e. The van der Waals surface area contributed by atoms with E-state index in [0.717, 1.165) is 15.4 Å². The molecule has 1 fully saturated rings. The maximum Gasteiger partial charge on any atom is 0.326 e. The summed E-state index contributed by atoms with van der Waals surface area (Å²) in [7, 11) is -3.94. The van der Waals surface area contributed by atoms with Crippen LogP contribution in [0.15, 0.2) is 42.5 Å². The first-order valence-electron chi connectivity index (χ1n) is 6.85. The normalized spacial score (nSPS) is 16.3. The van der Waals surface area contributed by atoms with Gasteiger partial charge in [-0.25, -0.2) is 9.03 Å². The van der Waals surface area contributed by atoms with Crippen molar-refractivity contribution in [3.63, 3.8) is 0 Å². The number of nitrogens with two attached hydrogens (primary N) is 1. The maximum atomic E-state index is 11.8. The first-order chi connectivity index (χ1) is 10.9. The summed E-state index contributed by atoms with van der Waals surface area (Å²) >= 11 is 0. The lowest BCUT2D eigenvalue weighted by atomic mass is 10.0. The number of nitrogens with one attached hydrogen (secondary N) is 1. The molecule has 4 N–H and O–H groups in total. The molecule has 1 amide bonds. The van der Waals surface area contributed by atoms with Gasteiger partial charge in [-0.2, -0.15) is 8.42 Å². The minimum absolute atomic E-state index is 0.0631. The van der Waals surface area contributed by atoms with Crippen molar-refractivity contribution in [2.45, 2.75) is 6.42 Å². The molecule has 0 aromatic heterocycles. The second-order valence-corrected chi connectivity index (χ2v) is 6.83. The SMILES string of the molecule is Nc1ccccc1Cc1ccc(N2CC(=O)NS2(=O)=O)c(O)c1. The predicted octanol–water partition coefficient (Wildman–Crippen LogP) is 0.746. The summed E-state index contributed by atoms with van der Waals surface area (Å²) in [5.41, 5.74) is 8.29. The van der Waals surface area contributed by atoms with Gasteiger partial charge in [0, 0.05) is 5.69 Å². The number of carbonyl (C=O) groups excluding carboxylic acids is 1. The number of rotatable bonds is 3. The van der Waals surface area contributed by atoms with E-state index in [0.29, 0.717) is 12.1 Å². The second kappa shape index (κ2) is 5.47. The van der Waals surface area contributed by atoms with Crippen LogP contribution in [0, 0.1) is 0 Å². The molecular formula is C15H15N3O4S. The van der Waals surface area contributed by atoms with Crippen LogP contribution in [0.5, 0.6) is 5.75 Å². The van der Waals surface area contributed by atoms with E-state index in [-0.39, 0.29) is 18.0 Å². The van der Waals surface area contributed by atoms with Crippen molar-refractivity contribution in [1.29, 1.82) is 0 Å². The van der Waals surface area contributed by atoms with Crippen molar-refractivity contribution < 1.29 is 18.3 Å². The number of amides is 1. The van der Waals surface area contributed by atoms with Gasteiger partial charge < -0.3 is 10.8 Å². The smallest absolute Gasteiger partial charge is 0.326 e. The predicted molar refractivity (Wildman–Crippen MR) is 86.2 cm³/mol. The molecule has 0 unspecified atom stereocenters. The van der Waals surface area contributed by atoms with Gasteiger partial charge in [0.05, 0.1) is 5.69 Å². The number of phenols is 1. The van der Waals surface area contributed by atoms with Crippen LogP contribution in [0.3, 0.4) is 0 Å². The van der Waals surface area contributed by atoms with E-state index < -0.39 is 16.1 Å². The number of phenolic OH excluding ortho intramolecular Hbond substituents is 1. The van der Waals surface area contributed by atoms with E-state index in [2.05, 4.69) is 0 Å². The molecule has 0 aliphatic carbocycles. The zero-order chi connectivity index (χ0) is 16.6. The lowest BCUT2D eigenvalue weighted by molar-refractivity contribution is -0.117. The van der Waals surface area contributed by atoms with E-state index in [1.54, 1.807) is 12.1 Å². The molecule has 8 heteroatoms. The van der Waals surface area contributed by atoms with Crippen molar-refractivity contribution in [3.05, 3.63) is 53.6 Å². The molecule has 23 heavy (non-hydrogen) atoms. The third-order valence-electron chi connectivity index (χ3n) is 3.58. The standard InChI is InChI=1S/C15H15N3O4S/c16-12-4-2-1-3-11(12)7-10-5-6-13(14(19)8-10)18-9-15(20)17-23(18,21)22/h1-6,8,19H,7,9,16H2,(H,17,20). The first kappa shape index (κ1) is 15.2. The fourth-order valence-electron chi connectivity index (χ4n) is 2.47. The van der Waals surface area contributed by atoms with Gasteiger partial charge in [0.25, 0.3) is 5.91 Å². The molecule has 1 saturated heterocycles. The highest BCUT2D eigenvalue weighted by Crippen LogP contribution is 2.32. The zero-order valence-corrected chi connectivity index (χ0v) is 12.9. The van der Waals surface area contributed by atoms with Crippen molar-refractivity contribution in [2.24, 2.45) is 0 Å². The molecule has 0 atom stereocenters. The van der Waals surface area contributed by atoms with Gasteiger partial charge in [-0.05, 0) is 35.7 Å². The number of benzene rings is 2. The summed E-state index contributed by atoms with van der Waals surface area (Å²) in [4.78, 5) is 11.3. The van der Waals surface area contributed by atoms with Crippen LogP contribution in [0.4, 0.5) is 11.4 Å². The third-order valence-corrected chi connectivity index (χ3v) is 4.97. The van der Waals surface area contributed by atoms with Crippen molar-refractivity contribution >= 4 is 27.5 Å². The topological polar surface area (TPSA) is 113 Å². The van der Waals surface area contributed by atoms with E-state index in [1.165, 1.54) is 12.1 Å². The number of aromatic hydroxyl groups is 1. The molecule has 1 aliphatic heterocycles. The van der Waals surface area contributed by atoms with Crippen LogP contribution in [0.25, 0.3) is 0 Å². The molecular weight excluding hydrogens is 318 g/mol. The Balaban J connectivity index is 1.90. The number of anilines is 2. The van der Waals surface area contributed by atoms with E-state index >= 15 is 0 Å². The van der Waals surface area contributed by atoms with Gasteiger partial charge >= 0.3 is 10.2 Å². The Morgan fingerprint density at radius 3 is 2.57 bits per heavy atom. The largest absolute Gasteiger partial charge is 0.506 e. The average Bonchev–Trinajstić information content (AvgIpc) is 2.74. The summed E-state index contributed by atoms with van der Waals surface area (Å²) in [5.74, 6) is -0.845. The molecule has 1 heterocycles. The molecule has 2 aromatic rings. The lowest BCUT2D eigenvalue weighted by Crippen LogP contribution is -2.29. The second-order valence-electron chi connectivity index (χ2n) is 5.24. The fraction of sp³-hybridized carbons (Fsp3) is 0.133. The maximum absolute atomic E-state index is 11.8. The fourth-order valence-corrected chi connectivity index (χ4v) is 3.63. The molecule has 0 bridgehead atoms. The van der Waals surface area contributed by atoms with Gasteiger partial charge in [0.1, 0.15) is 12.3 Å². The molecule has 0 spiro atoms. The number of carbonyl (C=O) groups is 1. The van der Waals surface area contributed by atoms with Crippen LogP contribution in [-0.4, -0.2) is 26.0 Å². The van der Waals surface area contributed by atoms with Crippen molar-refractivity contribution in [1.82, 2.24) is 4.72 Å². The molecule has 0 saturated carbocycles. The van der Waals surface area contributed by atoms with Crippen LogP contribution in [0.1, 0.15) is 11.1 Å².